The van der Waals surface area contributed by atoms with Crippen molar-refractivity contribution in [3.63, 3.8) is 0 Å². The number of nitrogens with zero attached hydrogens (tertiary/aromatic N) is 2. The zero-order chi connectivity index (χ0) is 25.2. The predicted molar refractivity (Wildman–Crippen MR) is 137 cm³/mol. The van der Waals surface area contributed by atoms with Crippen molar-refractivity contribution in [1.29, 1.82) is 0 Å². The van der Waals surface area contributed by atoms with Crippen molar-refractivity contribution in [3.8, 4) is 22.8 Å². The summed E-state index contributed by atoms with van der Waals surface area (Å²) < 4.78 is 40.1. The molecule has 0 unspecified atom stereocenters. The standard InChI is InChI=1S/C28H28F2N4O2/c1-17-12-19(4-8-23(17)18(2)33-20-5-6-20)27-15-32-28-26(31-10-11-35-3)14-22(16-34(27)28)36-21-7-9-24(29)25(30)13-21/h4,7-9,12-16,20,31,33H,2,5-6,10-11H2,1,3H3. The largest absolute Gasteiger partial charge is 0.456 e. The number of aryl methyl sites for hydroxylation is 1. The molecule has 36 heavy (non-hydrogen) atoms. The molecule has 2 aromatic carbocycles. The third-order valence-electron chi connectivity index (χ3n) is 6.13. The summed E-state index contributed by atoms with van der Waals surface area (Å²) in [6.45, 7) is 7.34. The fraction of sp³-hybridized carbons (Fsp3) is 0.250. The van der Waals surface area contributed by atoms with Crippen LogP contribution in [0, 0.1) is 18.6 Å². The summed E-state index contributed by atoms with van der Waals surface area (Å²) in [7, 11) is 1.63. The minimum atomic E-state index is -0.969. The van der Waals surface area contributed by atoms with Gasteiger partial charge >= 0.3 is 0 Å². The Bertz CT molecular complexity index is 1430. The lowest BCUT2D eigenvalue weighted by atomic mass is 10.0. The molecule has 2 heterocycles. The third kappa shape index (κ3) is 5.04. The first-order valence-electron chi connectivity index (χ1n) is 11.9. The highest BCUT2D eigenvalue weighted by Gasteiger charge is 2.22. The van der Waals surface area contributed by atoms with Gasteiger partial charge in [0.15, 0.2) is 17.3 Å². The SMILES string of the molecule is C=C(NC1CC1)c1ccc(-c2cnc3c(NCCOC)cc(Oc4ccc(F)c(F)c4)cn23)cc1C. The fourth-order valence-electron chi connectivity index (χ4n) is 4.14. The number of hydrogen-bond acceptors (Lipinski definition) is 5. The van der Waals surface area contributed by atoms with E-state index in [2.05, 4.69) is 41.3 Å². The van der Waals surface area contributed by atoms with Gasteiger partial charge in [0.1, 0.15) is 11.5 Å². The molecule has 1 aliphatic carbocycles. The maximum absolute atomic E-state index is 13.7. The summed E-state index contributed by atoms with van der Waals surface area (Å²) in [5, 5.41) is 6.78. The molecular formula is C28H28F2N4O2. The number of imidazole rings is 1. The van der Waals surface area contributed by atoms with Gasteiger partial charge in [0.25, 0.3) is 0 Å². The molecule has 1 aliphatic rings. The molecule has 0 saturated heterocycles. The Hall–Kier alpha value is -3.91. The van der Waals surface area contributed by atoms with Crippen molar-refractivity contribution in [1.82, 2.24) is 14.7 Å². The van der Waals surface area contributed by atoms with Gasteiger partial charge in [0, 0.05) is 43.1 Å². The minimum absolute atomic E-state index is 0.194. The highest BCUT2D eigenvalue weighted by atomic mass is 19.2. The number of rotatable bonds is 10. The van der Waals surface area contributed by atoms with Crippen LogP contribution < -0.4 is 15.4 Å². The van der Waals surface area contributed by atoms with Crippen molar-refractivity contribution < 1.29 is 18.3 Å². The zero-order valence-electron chi connectivity index (χ0n) is 20.3. The second-order valence-electron chi connectivity index (χ2n) is 8.95. The van der Waals surface area contributed by atoms with E-state index in [9.17, 15) is 8.78 Å². The first-order chi connectivity index (χ1) is 17.4. The van der Waals surface area contributed by atoms with Crippen LogP contribution in [0.4, 0.5) is 14.5 Å². The van der Waals surface area contributed by atoms with Crippen LogP contribution in [0.3, 0.4) is 0 Å². The Labute approximate surface area is 208 Å². The summed E-state index contributed by atoms with van der Waals surface area (Å²) in [5.74, 6) is -1.25. The molecule has 0 atom stereocenters. The number of ether oxygens (including phenoxy) is 2. The second kappa shape index (κ2) is 9.99. The van der Waals surface area contributed by atoms with Gasteiger partial charge in [-0.2, -0.15) is 0 Å². The van der Waals surface area contributed by atoms with E-state index in [1.807, 2.05) is 16.7 Å². The van der Waals surface area contributed by atoms with Gasteiger partial charge in [0.05, 0.1) is 30.4 Å². The van der Waals surface area contributed by atoms with Gasteiger partial charge in [-0.3, -0.25) is 4.40 Å². The number of methoxy groups -OCH3 is 1. The van der Waals surface area contributed by atoms with Crippen LogP contribution in [0.15, 0.2) is 61.4 Å². The molecule has 4 aromatic rings. The molecule has 0 amide bonds. The molecule has 2 N–H and O–H groups in total. The number of halogens is 2. The van der Waals surface area contributed by atoms with E-state index in [0.717, 1.165) is 45.9 Å². The molecule has 1 saturated carbocycles. The van der Waals surface area contributed by atoms with E-state index in [1.54, 1.807) is 19.4 Å². The van der Waals surface area contributed by atoms with Crippen molar-refractivity contribution in [3.05, 3.63) is 84.2 Å². The van der Waals surface area contributed by atoms with Crippen molar-refractivity contribution in [2.24, 2.45) is 0 Å². The lowest BCUT2D eigenvalue weighted by Gasteiger charge is -2.14. The third-order valence-corrected chi connectivity index (χ3v) is 6.13. The van der Waals surface area contributed by atoms with Crippen molar-refractivity contribution in [2.75, 3.05) is 25.6 Å². The molecule has 186 valence electrons. The average Bonchev–Trinajstić information content (AvgIpc) is 3.56. The average molecular weight is 491 g/mol. The van der Waals surface area contributed by atoms with Crippen molar-refractivity contribution >= 4 is 17.0 Å². The van der Waals surface area contributed by atoms with Crippen LogP contribution in [0.2, 0.25) is 0 Å². The molecule has 5 rings (SSSR count). The Balaban J connectivity index is 1.52. The van der Waals surface area contributed by atoms with E-state index in [0.29, 0.717) is 30.6 Å². The normalized spacial score (nSPS) is 13.1. The fourth-order valence-corrected chi connectivity index (χ4v) is 4.14. The van der Waals surface area contributed by atoms with Crippen LogP contribution in [-0.2, 0) is 4.74 Å². The van der Waals surface area contributed by atoms with Gasteiger partial charge in [-0.25, -0.2) is 13.8 Å². The highest BCUT2D eigenvalue weighted by Crippen LogP contribution is 2.33. The first kappa shape index (κ1) is 23.8. The van der Waals surface area contributed by atoms with Crippen LogP contribution in [-0.4, -0.2) is 35.7 Å². The number of anilines is 1. The maximum atomic E-state index is 13.7. The van der Waals surface area contributed by atoms with E-state index in [1.165, 1.54) is 18.9 Å². The van der Waals surface area contributed by atoms with Gasteiger partial charge in [-0.05, 0) is 49.1 Å². The van der Waals surface area contributed by atoms with Gasteiger partial charge in [-0.1, -0.05) is 18.7 Å². The lowest BCUT2D eigenvalue weighted by molar-refractivity contribution is 0.211. The molecule has 6 nitrogen and oxygen atoms in total. The number of aromatic nitrogens is 2. The molecular weight excluding hydrogens is 462 g/mol. The molecule has 1 fully saturated rings. The monoisotopic (exact) mass is 490 g/mol. The summed E-state index contributed by atoms with van der Waals surface area (Å²) in [5.41, 5.74) is 6.42. The quantitative estimate of drug-likeness (QED) is 0.261. The predicted octanol–water partition coefficient (Wildman–Crippen LogP) is 6.16. The van der Waals surface area contributed by atoms with Gasteiger partial charge in [0.2, 0.25) is 0 Å². The first-order valence-corrected chi connectivity index (χ1v) is 11.9. The summed E-state index contributed by atoms with van der Waals surface area (Å²) >= 11 is 0. The van der Waals surface area contributed by atoms with Crippen LogP contribution in [0.5, 0.6) is 11.5 Å². The van der Waals surface area contributed by atoms with E-state index in [4.69, 9.17) is 9.47 Å². The maximum Gasteiger partial charge on any atom is 0.162 e. The summed E-state index contributed by atoms with van der Waals surface area (Å²) in [6, 6.07) is 12.0. The van der Waals surface area contributed by atoms with Crippen molar-refractivity contribution in [2.45, 2.75) is 25.8 Å². The molecule has 0 aliphatic heterocycles. The Morgan fingerprint density at radius 1 is 1.11 bits per heavy atom. The number of nitrogens with one attached hydrogen (secondary N) is 2. The summed E-state index contributed by atoms with van der Waals surface area (Å²) in [4.78, 5) is 4.65. The second-order valence-corrected chi connectivity index (χ2v) is 8.95. The Morgan fingerprint density at radius 3 is 2.67 bits per heavy atom. The Morgan fingerprint density at radius 2 is 1.94 bits per heavy atom. The van der Waals surface area contributed by atoms with E-state index >= 15 is 0 Å². The van der Waals surface area contributed by atoms with E-state index in [-0.39, 0.29) is 5.75 Å². The topological polar surface area (TPSA) is 59.8 Å². The molecule has 2 aromatic heterocycles. The molecule has 0 spiro atoms. The van der Waals surface area contributed by atoms with E-state index < -0.39 is 11.6 Å². The van der Waals surface area contributed by atoms with Gasteiger partial charge in [-0.15, -0.1) is 0 Å². The minimum Gasteiger partial charge on any atom is -0.456 e. The summed E-state index contributed by atoms with van der Waals surface area (Å²) in [6.07, 6.45) is 5.97. The molecule has 8 heteroatoms. The zero-order valence-corrected chi connectivity index (χ0v) is 20.3. The van der Waals surface area contributed by atoms with Crippen LogP contribution in [0.1, 0.15) is 24.0 Å². The number of fused-ring (bicyclic) bond motifs is 1. The van der Waals surface area contributed by atoms with Crippen LogP contribution >= 0.6 is 0 Å². The number of benzene rings is 2. The molecule has 0 bridgehead atoms. The molecule has 0 radical (unpaired) electrons. The van der Waals surface area contributed by atoms with Gasteiger partial charge < -0.3 is 20.1 Å². The number of pyridine rings is 1. The lowest BCUT2D eigenvalue weighted by Crippen LogP contribution is -2.14. The highest BCUT2D eigenvalue weighted by molar-refractivity contribution is 5.76. The Kier molecular flexibility index (Phi) is 6.61. The number of hydrogen-bond donors (Lipinski definition) is 2. The van der Waals surface area contributed by atoms with Crippen LogP contribution in [0.25, 0.3) is 22.6 Å². The smallest absolute Gasteiger partial charge is 0.162 e.